The van der Waals surface area contributed by atoms with Crippen molar-refractivity contribution in [2.75, 3.05) is 13.1 Å². The van der Waals surface area contributed by atoms with Crippen molar-refractivity contribution in [1.82, 2.24) is 10.2 Å². The Morgan fingerprint density at radius 1 is 1.07 bits per heavy atom. The molecular formula is C21H33ClN2O3. The first-order valence-electron chi connectivity index (χ1n) is 10.5. The number of nitrogens with zero attached hydrogens (tertiary/aromatic N) is 1. The third-order valence-corrected chi connectivity index (χ3v) is 7.39. The van der Waals surface area contributed by atoms with Crippen LogP contribution in [0.5, 0.6) is 0 Å². The maximum atomic E-state index is 13.5. The lowest BCUT2D eigenvalue weighted by atomic mass is 9.49. The van der Waals surface area contributed by atoms with Crippen molar-refractivity contribution < 1.29 is 14.3 Å². The molecule has 4 bridgehead atoms. The lowest BCUT2D eigenvalue weighted by Gasteiger charge is -2.60. The number of nitrogens with one attached hydrogen (secondary N) is 1. The second kappa shape index (κ2) is 6.53. The van der Waals surface area contributed by atoms with Crippen LogP contribution in [0.2, 0.25) is 0 Å². The number of halogens is 1. The van der Waals surface area contributed by atoms with Gasteiger partial charge in [0.25, 0.3) is 0 Å². The minimum absolute atomic E-state index is 0.0830. The standard InChI is InChI=1S/C21H33ClN2O3/c1-19(2,3)27-18(26)23-16-4-6-24(7-5-16)17(25)20-9-14-8-15(10-20)12-21(22,11-14)13-20/h14-16H,4-13H2,1-3H3,(H,23,26). The second-order valence-electron chi connectivity index (χ2n) is 10.6. The van der Waals surface area contributed by atoms with Crippen molar-refractivity contribution >= 4 is 23.6 Å². The molecule has 27 heavy (non-hydrogen) atoms. The average Bonchev–Trinajstić information content (AvgIpc) is 2.50. The van der Waals surface area contributed by atoms with Crippen LogP contribution in [0.15, 0.2) is 0 Å². The van der Waals surface area contributed by atoms with Gasteiger partial charge in [-0.2, -0.15) is 0 Å². The van der Waals surface area contributed by atoms with Crippen LogP contribution in [0.3, 0.4) is 0 Å². The van der Waals surface area contributed by atoms with Crippen molar-refractivity contribution in [2.45, 2.75) is 88.7 Å². The average molecular weight is 397 g/mol. The van der Waals surface area contributed by atoms with Crippen LogP contribution in [0.1, 0.15) is 72.1 Å². The Morgan fingerprint density at radius 3 is 2.19 bits per heavy atom. The van der Waals surface area contributed by atoms with Crippen LogP contribution < -0.4 is 5.32 Å². The summed E-state index contributed by atoms with van der Waals surface area (Å²) in [7, 11) is 0. The van der Waals surface area contributed by atoms with Gasteiger partial charge in [0.05, 0.1) is 5.41 Å². The largest absolute Gasteiger partial charge is 0.444 e. The number of piperidine rings is 1. The van der Waals surface area contributed by atoms with Crippen LogP contribution in [0, 0.1) is 17.3 Å². The van der Waals surface area contributed by atoms with E-state index in [0.29, 0.717) is 30.8 Å². The Labute approximate surface area is 167 Å². The minimum atomic E-state index is -0.489. The molecule has 5 rings (SSSR count). The van der Waals surface area contributed by atoms with Crippen LogP contribution in [0.4, 0.5) is 4.79 Å². The molecular weight excluding hydrogens is 364 g/mol. The van der Waals surface area contributed by atoms with E-state index in [-0.39, 0.29) is 22.4 Å². The second-order valence-corrected chi connectivity index (χ2v) is 11.4. The SMILES string of the molecule is CC(C)(C)OC(=O)NC1CCN(C(=O)C23CC4CC(CC(Cl)(C4)C2)C3)CC1. The number of ether oxygens (including phenoxy) is 1. The monoisotopic (exact) mass is 396 g/mol. The number of hydrogen-bond acceptors (Lipinski definition) is 3. The van der Waals surface area contributed by atoms with Gasteiger partial charge in [0, 0.05) is 24.0 Å². The predicted octanol–water partition coefficient (Wildman–Crippen LogP) is 4.08. The van der Waals surface area contributed by atoms with E-state index in [1.54, 1.807) is 0 Å². The highest BCUT2D eigenvalue weighted by atomic mass is 35.5. The zero-order valence-corrected chi connectivity index (χ0v) is 17.6. The Balaban J connectivity index is 1.34. The molecule has 0 radical (unpaired) electrons. The van der Waals surface area contributed by atoms with Crippen molar-refractivity contribution in [3.05, 3.63) is 0 Å². The summed E-state index contributed by atoms with van der Waals surface area (Å²) < 4.78 is 5.35. The molecule has 6 heteroatoms. The highest BCUT2D eigenvalue weighted by molar-refractivity contribution is 6.24. The van der Waals surface area contributed by atoms with Gasteiger partial charge in [0.1, 0.15) is 5.60 Å². The van der Waals surface area contributed by atoms with Gasteiger partial charge in [0.2, 0.25) is 5.91 Å². The molecule has 152 valence electrons. The summed E-state index contributed by atoms with van der Waals surface area (Å²) in [6.07, 6.45) is 7.62. The molecule has 0 aromatic carbocycles. The molecule has 1 heterocycles. The van der Waals surface area contributed by atoms with Gasteiger partial charge >= 0.3 is 6.09 Å². The fourth-order valence-electron chi connectivity index (χ4n) is 6.44. The normalized spacial score (nSPS) is 38.7. The van der Waals surface area contributed by atoms with Crippen LogP contribution in [-0.2, 0) is 9.53 Å². The van der Waals surface area contributed by atoms with Crippen molar-refractivity contribution in [1.29, 1.82) is 0 Å². The molecule has 0 aromatic rings. The van der Waals surface area contributed by atoms with Gasteiger partial charge in [-0.1, -0.05) is 0 Å². The number of alkyl carbamates (subject to hydrolysis) is 1. The minimum Gasteiger partial charge on any atom is -0.444 e. The van der Waals surface area contributed by atoms with Crippen molar-refractivity contribution in [2.24, 2.45) is 17.3 Å². The van der Waals surface area contributed by atoms with Crippen molar-refractivity contribution in [3.8, 4) is 0 Å². The van der Waals surface area contributed by atoms with E-state index in [9.17, 15) is 9.59 Å². The van der Waals surface area contributed by atoms with E-state index < -0.39 is 5.60 Å². The molecule has 1 aliphatic heterocycles. The molecule has 2 unspecified atom stereocenters. The van der Waals surface area contributed by atoms with E-state index in [4.69, 9.17) is 16.3 Å². The van der Waals surface area contributed by atoms with Gasteiger partial charge in [-0.05, 0) is 84.0 Å². The van der Waals surface area contributed by atoms with Gasteiger partial charge in [-0.3, -0.25) is 4.79 Å². The zero-order valence-electron chi connectivity index (χ0n) is 16.9. The fourth-order valence-corrected chi connectivity index (χ4v) is 7.13. The van der Waals surface area contributed by atoms with E-state index in [0.717, 1.165) is 44.9 Å². The summed E-state index contributed by atoms with van der Waals surface area (Å²) in [5.41, 5.74) is -0.700. The Morgan fingerprint density at radius 2 is 1.67 bits per heavy atom. The van der Waals surface area contributed by atoms with Gasteiger partial charge in [-0.25, -0.2) is 4.79 Å². The van der Waals surface area contributed by atoms with Crippen LogP contribution >= 0.6 is 11.6 Å². The third-order valence-electron chi connectivity index (χ3n) is 6.95. The molecule has 5 fully saturated rings. The van der Waals surface area contributed by atoms with Crippen LogP contribution in [-0.4, -0.2) is 46.5 Å². The van der Waals surface area contributed by atoms with E-state index in [1.165, 1.54) is 6.42 Å². The van der Waals surface area contributed by atoms with E-state index in [1.807, 2.05) is 25.7 Å². The summed E-state index contributed by atoms with van der Waals surface area (Å²) in [5.74, 6) is 1.61. The molecule has 5 aliphatic rings. The predicted molar refractivity (Wildman–Crippen MR) is 105 cm³/mol. The Kier molecular flexibility index (Phi) is 4.68. The lowest BCUT2D eigenvalue weighted by Crippen LogP contribution is -2.60. The first kappa shape index (κ1) is 19.4. The number of hydrogen-bond donors (Lipinski definition) is 1. The number of likely N-dealkylation sites (tertiary alicyclic amines) is 1. The number of rotatable bonds is 2. The molecule has 0 aromatic heterocycles. The number of carbonyl (C=O) groups is 2. The number of amides is 2. The maximum absolute atomic E-state index is 13.5. The summed E-state index contributed by atoms with van der Waals surface area (Å²) in [6.45, 7) is 7.02. The highest BCUT2D eigenvalue weighted by Gasteiger charge is 2.60. The zero-order chi connectivity index (χ0) is 19.4. The summed E-state index contributed by atoms with van der Waals surface area (Å²) in [5, 5.41) is 2.96. The molecule has 5 nitrogen and oxygen atoms in total. The smallest absolute Gasteiger partial charge is 0.407 e. The quantitative estimate of drug-likeness (QED) is 0.715. The molecule has 2 atom stereocenters. The molecule has 0 spiro atoms. The number of alkyl halides is 1. The van der Waals surface area contributed by atoms with Gasteiger partial charge < -0.3 is 15.0 Å². The summed E-state index contributed by atoms with van der Waals surface area (Å²) >= 11 is 6.90. The van der Waals surface area contributed by atoms with E-state index >= 15 is 0 Å². The summed E-state index contributed by atoms with van der Waals surface area (Å²) in [6, 6.07) is 0.0830. The topological polar surface area (TPSA) is 58.6 Å². The first-order valence-corrected chi connectivity index (χ1v) is 10.9. The first-order chi connectivity index (χ1) is 12.6. The third kappa shape index (κ3) is 3.94. The Hall–Kier alpha value is -0.970. The fraction of sp³-hybridized carbons (Fsp3) is 0.905. The highest BCUT2D eigenvalue weighted by Crippen LogP contribution is 2.64. The molecule has 4 saturated carbocycles. The van der Waals surface area contributed by atoms with Gasteiger partial charge in [0.15, 0.2) is 0 Å². The van der Waals surface area contributed by atoms with Crippen LogP contribution in [0.25, 0.3) is 0 Å². The maximum Gasteiger partial charge on any atom is 0.407 e. The molecule has 2 amide bonds. The van der Waals surface area contributed by atoms with E-state index in [2.05, 4.69) is 5.32 Å². The Bertz CT molecular complexity index is 607. The molecule has 4 aliphatic carbocycles. The summed E-state index contributed by atoms with van der Waals surface area (Å²) in [4.78, 5) is 27.4. The lowest BCUT2D eigenvalue weighted by molar-refractivity contribution is -0.157. The molecule has 1 saturated heterocycles. The van der Waals surface area contributed by atoms with Gasteiger partial charge in [-0.15, -0.1) is 11.6 Å². The molecule has 1 N–H and O–H groups in total. The number of carbonyl (C=O) groups excluding carboxylic acids is 2. The van der Waals surface area contributed by atoms with Crippen molar-refractivity contribution in [3.63, 3.8) is 0 Å².